The molecule has 6 nitrogen and oxygen atoms in total. The number of para-hydroxylation sites is 2. The number of phosphoric acid groups is 1. The van der Waals surface area contributed by atoms with E-state index in [9.17, 15) is 9.36 Å². The van der Waals surface area contributed by atoms with Gasteiger partial charge in [-0.25, -0.2) is 4.57 Å². The third kappa shape index (κ3) is 7.22. The van der Waals surface area contributed by atoms with E-state index in [2.05, 4.69) is 0 Å². The molecule has 1 unspecified atom stereocenters. The first kappa shape index (κ1) is 23.0. The molecule has 0 saturated heterocycles. The van der Waals surface area contributed by atoms with Crippen molar-refractivity contribution in [3.63, 3.8) is 0 Å². The zero-order valence-electron chi connectivity index (χ0n) is 17.4. The lowest BCUT2D eigenvalue weighted by Crippen LogP contribution is -2.32. The smallest absolute Gasteiger partial charge is 0.460 e. The summed E-state index contributed by atoms with van der Waals surface area (Å²) < 4.78 is 35.6. The van der Waals surface area contributed by atoms with E-state index in [1.807, 2.05) is 39.8 Å². The summed E-state index contributed by atoms with van der Waals surface area (Å²) in [4.78, 5) is 12.4. The molecule has 0 saturated carbocycles. The van der Waals surface area contributed by atoms with Crippen LogP contribution in [0.5, 0.6) is 11.5 Å². The standard InChI is InChI=1S/C22H29O6P/c1-5-18(26-21(23)22(3,4)6-2)17-25-29(24,27-19-13-9-7-10-14-19)28-20-15-11-8-12-16-20/h7-16,18H,5-6,17H2,1-4H3. The van der Waals surface area contributed by atoms with Gasteiger partial charge >= 0.3 is 13.8 Å². The molecule has 0 spiro atoms. The van der Waals surface area contributed by atoms with E-state index in [0.717, 1.165) is 0 Å². The van der Waals surface area contributed by atoms with Crippen molar-refractivity contribution in [2.24, 2.45) is 5.41 Å². The second-order valence-electron chi connectivity index (χ2n) is 7.22. The van der Waals surface area contributed by atoms with Crippen molar-refractivity contribution in [1.29, 1.82) is 0 Å². The largest absolute Gasteiger partial charge is 0.587 e. The molecular formula is C22H29O6P. The second kappa shape index (κ2) is 10.5. The van der Waals surface area contributed by atoms with E-state index in [4.69, 9.17) is 18.3 Å². The Kier molecular flexibility index (Phi) is 8.30. The summed E-state index contributed by atoms with van der Waals surface area (Å²) >= 11 is 0. The minimum absolute atomic E-state index is 0.112. The van der Waals surface area contributed by atoms with E-state index >= 15 is 0 Å². The van der Waals surface area contributed by atoms with E-state index in [0.29, 0.717) is 24.3 Å². The summed E-state index contributed by atoms with van der Waals surface area (Å²) in [6, 6.07) is 17.3. The third-order valence-corrected chi connectivity index (χ3v) is 5.84. The predicted octanol–water partition coefficient (Wildman–Crippen LogP) is 6.03. The van der Waals surface area contributed by atoms with Gasteiger partial charge < -0.3 is 13.8 Å². The number of rotatable bonds is 11. The molecule has 0 heterocycles. The fourth-order valence-electron chi connectivity index (χ4n) is 2.16. The molecule has 1 atom stereocenters. The molecule has 2 rings (SSSR count). The van der Waals surface area contributed by atoms with Crippen LogP contribution in [-0.2, 0) is 18.6 Å². The fraction of sp³-hybridized carbons (Fsp3) is 0.409. The molecule has 0 aliphatic carbocycles. The highest BCUT2D eigenvalue weighted by Crippen LogP contribution is 2.49. The molecule has 0 bridgehead atoms. The highest BCUT2D eigenvalue weighted by molar-refractivity contribution is 7.49. The van der Waals surface area contributed by atoms with Gasteiger partial charge in [-0.3, -0.25) is 9.32 Å². The van der Waals surface area contributed by atoms with Crippen molar-refractivity contribution in [3.05, 3.63) is 60.7 Å². The molecule has 0 fully saturated rings. The number of carbonyl (C=O) groups is 1. The van der Waals surface area contributed by atoms with Crippen molar-refractivity contribution < 1.29 is 27.7 Å². The minimum atomic E-state index is -4.01. The average Bonchev–Trinajstić information content (AvgIpc) is 2.72. The van der Waals surface area contributed by atoms with Crippen molar-refractivity contribution in [3.8, 4) is 11.5 Å². The van der Waals surface area contributed by atoms with Gasteiger partial charge in [-0.2, -0.15) is 0 Å². The molecule has 0 radical (unpaired) electrons. The third-order valence-electron chi connectivity index (χ3n) is 4.50. The summed E-state index contributed by atoms with van der Waals surface area (Å²) in [5.74, 6) is 0.381. The summed E-state index contributed by atoms with van der Waals surface area (Å²) in [5, 5.41) is 0. The zero-order chi connectivity index (χ0) is 21.3. The Morgan fingerprint density at radius 1 is 0.931 bits per heavy atom. The van der Waals surface area contributed by atoms with Gasteiger partial charge in [-0.1, -0.05) is 50.2 Å². The Morgan fingerprint density at radius 3 is 1.83 bits per heavy atom. The number of ether oxygens (including phenoxy) is 1. The van der Waals surface area contributed by atoms with Crippen molar-refractivity contribution in [2.75, 3.05) is 6.61 Å². The Labute approximate surface area is 172 Å². The van der Waals surface area contributed by atoms with Crippen LogP contribution in [0.15, 0.2) is 60.7 Å². The monoisotopic (exact) mass is 420 g/mol. The highest BCUT2D eigenvalue weighted by atomic mass is 31.2. The van der Waals surface area contributed by atoms with E-state index in [-0.39, 0.29) is 12.6 Å². The summed E-state index contributed by atoms with van der Waals surface area (Å²) in [7, 11) is -4.01. The number of hydrogen-bond donors (Lipinski definition) is 0. The van der Waals surface area contributed by atoms with E-state index in [1.165, 1.54) is 0 Å². The topological polar surface area (TPSA) is 71.1 Å². The first-order chi connectivity index (χ1) is 13.8. The van der Waals surface area contributed by atoms with Gasteiger partial charge in [0, 0.05) is 0 Å². The molecule has 7 heteroatoms. The maximum absolute atomic E-state index is 13.3. The van der Waals surface area contributed by atoms with E-state index < -0.39 is 19.3 Å². The van der Waals surface area contributed by atoms with Crippen molar-refractivity contribution >= 4 is 13.8 Å². The summed E-state index contributed by atoms with van der Waals surface area (Å²) in [5.41, 5.74) is -0.599. The van der Waals surface area contributed by atoms with Crippen LogP contribution in [0.25, 0.3) is 0 Å². The average molecular weight is 420 g/mol. The first-order valence-corrected chi connectivity index (χ1v) is 11.2. The Bertz CT molecular complexity index is 761. The zero-order valence-corrected chi connectivity index (χ0v) is 18.3. The predicted molar refractivity (Wildman–Crippen MR) is 112 cm³/mol. The molecule has 29 heavy (non-hydrogen) atoms. The van der Waals surface area contributed by atoms with Crippen molar-refractivity contribution in [1.82, 2.24) is 0 Å². The van der Waals surface area contributed by atoms with Gasteiger partial charge in [-0.05, 0) is 51.0 Å². The van der Waals surface area contributed by atoms with Crippen LogP contribution in [0.3, 0.4) is 0 Å². The first-order valence-electron chi connectivity index (χ1n) is 9.73. The van der Waals surface area contributed by atoms with Crippen LogP contribution < -0.4 is 9.05 Å². The minimum Gasteiger partial charge on any atom is -0.460 e. The Balaban J connectivity index is 2.11. The number of benzene rings is 2. The van der Waals surface area contributed by atoms with Gasteiger partial charge in [0.1, 0.15) is 17.6 Å². The lowest BCUT2D eigenvalue weighted by atomic mass is 9.90. The molecule has 0 aromatic heterocycles. The maximum Gasteiger partial charge on any atom is 0.587 e. The molecule has 0 amide bonds. The molecule has 0 aliphatic rings. The molecule has 2 aromatic rings. The Hall–Kier alpha value is -2.30. The SMILES string of the molecule is CCC(COP(=O)(Oc1ccccc1)Oc1ccccc1)OC(=O)C(C)(C)CC. The fourth-order valence-corrected chi connectivity index (χ4v) is 3.41. The summed E-state index contributed by atoms with van der Waals surface area (Å²) in [6.07, 6.45) is 0.582. The van der Waals surface area contributed by atoms with Crippen molar-refractivity contribution in [2.45, 2.75) is 46.6 Å². The van der Waals surface area contributed by atoms with Crippen LogP contribution >= 0.6 is 7.82 Å². The molecule has 0 aliphatic heterocycles. The maximum atomic E-state index is 13.3. The quantitative estimate of drug-likeness (QED) is 0.327. The number of hydrogen-bond acceptors (Lipinski definition) is 6. The number of carbonyl (C=O) groups excluding carboxylic acids is 1. The van der Waals surface area contributed by atoms with Gasteiger partial charge in [0.05, 0.1) is 12.0 Å². The van der Waals surface area contributed by atoms with Gasteiger partial charge in [-0.15, -0.1) is 0 Å². The van der Waals surface area contributed by atoms with Crippen LogP contribution in [0.1, 0.15) is 40.5 Å². The van der Waals surface area contributed by atoms with Crippen LogP contribution in [0.2, 0.25) is 0 Å². The lowest BCUT2D eigenvalue weighted by Gasteiger charge is -2.26. The second-order valence-corrected chi connectivity index (χ2v) is 8.74. The summed E-state index contributed by atoms with van der Waals surface area (Å²) in [6.45, 7) is 7.32. The van der Waals surface area contributed by atoms with Crippen LogP contribution in [0, 0.1) is 5.41 Å². The highest BCUT2D eigenvalue weighted by Gasteiger charge is 2.34. The number of esters is 1. The molecule has 2 aromatic carbocycles. The Morgan fingerprint density at radius 2 is 1.41 bits per heavy atom. The lowest BCUT2D eigenvalue weighted by molar-refractivity contribution is -0.161. The normalized spacial score (nSPS) is 12.8. The molecular weight excluding hydrogens is 391 g/mol. The van der Waals surface area contributed by atoms with Gasteiger partial charge in [0.25, 0.3) is 0 Å². The van der Waals surface area contributed by atoms with Gasteiger partial charge in [0.2, 0.25) is 0 Å². The van der Waals surface area contributed by atoms with E-state index in [1.54, 1.807) is 48.5 Å². The molecule has 0 N–H and O–H groups in total. The van der Waals surface area contributed by atoms with Gasteiger partial charge in [0.15, 0.2) is 0 Å². The number of phosphoric ester groups is 1. The van der Waals surface area contributed by atoms with Crippen LogP contribution in [0.4, 0.5) is 0 Å². The molecule has 158 valence electrons. The van der Waals surface area contributed by atoms with Crippen LogP contribution in [-0.4, -0.2) is 18.7 Å².